The highest BCUT2D eigenvalue weighted by atomic mass is 16.5. The molecule has 0 unspecified atom stereocenters. The number of aromatic nitrogens is 1. The fourth-order valence-corrected chi connectivity index (χ4v) is 1.74. The molecule has 98 valence electrons. The highest BCUT2D eigenvalue weighted by Crippen LogP contribution is 2.08. The van der Waals surface area contributed by atoms with Crippen molar-refractivity contribution in [2.45, 2.75) is 46.8 Å². The molecule has 4 heteroatoms. The summed E-state index contributed by atoms with van der Waals surface area (Å²) in [5.74, 6) is 0. The summed E-state index contributed by atoms with van der Waals surface area (Å²) in [6, 6.07) is 1.99. The van der Waals surface area contributed by atoms with Gasteiger partial charge >= 0.3 is 0 Å². The summed E-state index contributed by atoms with van der Waals surface area (Å²) in [6.45, 7) is 8.89. The Bertz CT molecular complexity index is 510. The molecule has 0 saturated carbocycles. The molecule has 0 radical (unpaired) electrons. The molecule has 0 bridgehead atoms. The molecular weight excluding hydrogens is 228 g/mol. The summed E-state index contributed by atoms with van der Waals surface area (Å²) >= 11 is 0. The van der Waals surface area contributed by atoms with Gasteiger partial charge in [0.2, 0.25) is 0 Å². The summed E-state index contributed by atoms with van der Waals surface area (Å²) in [6.07, 6.45) is 2.79. The molecule has 4 nitrogen and oxygen atoms in total. The van der Waals surface area contributed by atoms with Crippen LogP contribution >= 0.6 is 0 Å². The van der Waals surface area contributed by atoms with Crippen LogP contribution in [0.25, 0.3) is 0 Å². The summed E-state index contributed by atoms with van der Waals surface area (Å²) in [5, 5.41) is 9.00. The number of hydrogen-bond donors (Lipinski definition) is 0. The van der Waals surface area contributed by atoms with E-state index in [2.05, 4.69) is 0 Å². The Morgan fingerprint density at radius 2 is 2.11 bits per heavy atom. The highest BCUT2D eigenvalue weighted by molar-refractivity contribution is 5.38. The molecule has 1 heterocycles. The van der Waals surface area contributed by atoms with Gasteiger partial charge < -0.3 is 9.30 Å². The van der Waals surface area contributed by atoms with Crippen LogP contribution in [-0.2, 0) is 11.3 Å². The maximum Gasteiger partial charge on any atom is 0.268 e. The molecule has 0 aromatic carbocycles. The lowest BCUT2D eigenvalue weighted by atomic mass is 10.1. The van der Waals surface area contributed by atoms with Crippen molar-refractivity contribution in [2.24, 2.45) is 0 Å². The minimum absolute atomic E-state index is 0.204. The average molecular weight is 248 g/mol. The molecule has 1 rings (SSSR count). The molecule has 0 amide bonds. The van der Waals surface area contributed by atoms with E-state index in [0.717, 1.165) is 17.5 Å². The van der Waals surface area contributed by atoms with Gasteiger partial charge in [-0.15, -0.1) is 0 Å². The van der Waals surface area contributed by atoms with Gasteiger partial charge in [-0.1, -0.05) is 0 Å². The Balaban J connectivity index is 2.82. The van der Waals surface area contributed by atoms with Gasteiger partial charge in [-0.25, -0.2) is 0 Å². The molecule has 0 N–H and O–H groups in total. The lowest BCUT2D eigenvalue weighted by molar-refractivity contribution is 0.0747. The Labute approximate surface area is 108 Å². The third-order valence-electron chi connectivity index (χ3n) is 2.90. The van der Waals surface area contributed by atoms with Crippen LogP contribution in [-0.4, -0.2) is 17.3 Å². The third kappa shape index (κ3) is 3.44. The van der Waals surface area contributed by atoms with Crippen molar-refractivity contribution in [1.29, 1.82) is 5.26 Å². The number of nitrogens with zero attached hydrogens (tertiary/aromatic N) is 2. The number of aryl methyl sites for hydroxylation is 2. The minimum Gasteiger partial charge on any atom is -0.379 e. The number of hydrogen-bond acceptors (Lipinski definition) is 3. The lowest BCUT2D eigenvalue weighted by Crippen LogP contribution is -2.25. The molecule has 0 spiro atoms. The Hall–Kier alpha value is -1.60. The van der Waals surface area contributed by atoms with Gasteiger partial charge in [0.15, 0.2) is 0 Å². The van der Waals surface area contributed by atoms with Crippen molar-refractivity contribution in [3.63, 3.8) is 0 Å². The van der Waals surface area contributed by atoms with Gasteiger partial charge in [0.05, 0.1) is 6.10 Å². The zero-order valence-corrected chi connectivity index (χ0v) is 11.5. The number of nitriles is 1. The molecule has 0 aliphatic rings. The van der Waals surface area contributed by atoms with Gasteiger partial charge in [-0.05, 0) is 45.2 Å². The second-order valence-corrected chi connectivity index (χ2v) is 4.70. The molecule has 18 heavy (non-hydrogen) atoms. The third-order valence-corrected chi connectivity index (χ3v) is 2.90. The Morgan fingerprint density at radius 1 is 1.44 bits per heavy atom. The summed E-state index contributed by atoms with van der Waals surface area (Å²) in [5.41, 5.74) is 1.79. The van der Waals surface area contributed by atoms with Crippen molar-refractivity contribution >= 4 is 0 Å². The van der Waals surface area contributed by atoms with Crippen LogP contribution in [0.4, 0.5) is 0 Å². The monoisotopic (exact) mass is 248 g/mol. The molecule has 0 fully saturated rings. The fraction of sp³-hybridized carbons (Fsp3) is 0.571. The van der Waals surface area contributed by atoms with E-state index in [1.54, 1.807) is 4.57 Å². The van der Waals surface area contributed by atoms with E-state index in [9.17, 15) is 4.79 Å². The van der Waals surface area contributed by atoms with Gasteiger partial charge in [-0.2, -0.15) is 5.26 Å². The minimum atomic E-state index is -0.204. The van der Waals surface area contributed by atoms with Crippen LogP contribution < -0.4 is 5.56 Å². The average Bonchev–Trinajstić information content (AvgIpc) is 2.31. The predicted octanol–water partition coefficient (Wildman–Crippen LogP) is 2.15. The van der Waals surface area contributed by atoms with E-state index in [1.165, 1.54) is 0 Å². The fourth-order valence-electron chi connectivity index (χ4n) is 1.74. The Kier molecular flexibility index (Phi) is 5.11. The first kappa shape index (κ1) is 14.5. The zero-order valence-electron chi connectivity index (χ0n) is 11.5. The van der Waals surface area contributed by atoms with E-state index in [-0.39, 0.29) is 17.2 Å². The van der Waals surface area contributed by atoms with Crippen molar-refractivity contribution in [1.82, 2.24) is 4.57 Å². The molecular formula is C14H20N2O2. The van der Waals surface area contributed by atoms with Crippen LogP contribution in [0.2, 0.25) is 0 Å². The van der Waals surface area contributed by atoms with Gasteiger partial charge in [0, 0.05) is 19.3 Å². The van der Waals surface area contributed by atoms with E-state index < -0.39 is 0 Å². The normalized spacial score (nSPS) is 10.7. The van der Waals surface area contributed by atoms with E-state index in [1.807, 2.05) is 40.0 Å². The van der Waals surface area contributed by atoms with E-state index >= 15 is 0 Å². The SMILES string of the molecule is Cc1cn(CCCOC(C)C)c(=O)c(C#N)c1C. The zero-order chi connectivity index (χ0) is 13.7. The molecule has 0 atom stereocenters. The first-order valence-electron chi connectivity index (χ1n) is 6.19. The van der Waals surface area contributed by atoms with Crippen LogP contribution in [0.1, 0.15) is 37.0 Å². The smallest absolute Gasteiger partial charge is 0.268 e. The van der Waals surface area contributed by atoms with Crippen LogP contribution in [0.15, 0.2) is 11.0 Å². The second-order valence-electron chi connectivity index (χ2n) is 4.70. The van der Waals surface area contributed by atoms with Crippen LogP contribution in [0.5, 0.6) is 0 Å². The van der Waals surface area contributed by atoms with E-state index in [4.69, 9.17) is 10.00 Å². The standard InChI is InChI=1S/C14H20N2O2/c1-10(2)18-7-5-6-16-9-11(3)12(4)13(8-15)14(16)17/h9-10H,5-7H2,1-4H3. The number of rotatable bonds is 5. The topological polar surface area (TPSA) is 55.0 Å². The Morgan fingerprint density at radius 3 is 2.67 bits per heavy atom. The van der Waals surface area contributed by atoms with Crippen LogP contribution in [0, 0.1) is 25.2 Å². The largest absolute Gasteiger partial charge is 0.379 e. The van der Waals surface area contributed by atoms with Gasteiger partial charge in [0.1, 0.15) is 11.6 Å². The summed E-state index contributed by atoms with van der Waals surface area (Å²) in [4.78, 5) is 12.0. The molecule has 1 aromatic rings. The number of ether oxygens (including phenoxy) is 1. The maximum atomic E-state index is 12.0. The summed E-state index contributed by atoms with van der Waals surface area (Å²) in [7, 11) is 0. The van der Waals surface area contributed by atoms with Crippen molar-refractivity contribution in [3.8, 4) is 6.07 Å². The van der Waals surface area contributed by atoms with E-state index in [0.29, 0.717) is 13.2 Å². The first-order chi connectivity index (χ1) is 8.47. The van der Waals surface area contributed by atoms with Crippen molar-refractivity contribution in [3.05, 3.63) is 33.2 Å². The van der Waals surface area contributed by atoms with Crippen molar-refractivity contribution in [2.75, 3.05) is 6.61 Å². The van der Waals surface area contributed by atoms with Gasteiger partial charge in [-0.3, -0.25) is 4.79 Å². The molecule has 0 saturated heterocycles. The highest BCUT2D eigenvalue weighted by Gasteiger charge is 2.09. The summed E-state index contributed by atoms with van der Waals surface area (Å²) < 4.78 is 7.04. The quantitative estimate of drug-likeness (QED) is 0.750. The first-order valence-corrected chi connectivity index (χ1v) is 6.19. The number of pyridine rings is 1. The molecule has 0 aliphatic carbocycles. The molecule has 0 aliphatic heterocycles. The van der Waals surface area contributed by atoms with Crippen LogP contribution in [0.3, 0.4) is 0 Å². The van der Waals surface area contributed by atoms with Gasteiger partial charge in [0.25, 0.3) is 5.56 Å². The lowest BCUT2D eigenvalue weighted by Gasteiger charge is -2.11. The van der Waals surface area contributed by atoms with Crippen molar-refractivity contribution < 1.29 is 4.74 Å². The second kappa shape index (κ2) is 6.36. The maximum absolute atomic E-state index is 12.0. The predicted molar refractivity (Wildman–Crippen MR) is 70.6 cm³/mol. The molecule has 1 aromatic heterocycles.